The molecule has 0 saturated carbocycles. The highest BCUT2D eigenvalue weighted by molar-refractivity contribution is 7.91. The van der Waals surface area contributed by atoms with Gasteiger partial charge in [0.05, 0.1) is 12.6 Å². The summed E-state index contributed by atoms with van der Waals surface area (Å²) < 4.78 is 24.4. The molecular weight excluding hydrogens is 226 g/mol. The lowest BCUT2D eigenvalue weighted by Crippen LogP contribution is -2.27. The quantitative estimate of drug-likeness (QED) is 0.808. The summed E-state index contributed by atoms with van der Waals surface area (Å²) in [7, 11) is -3.52. The van der Waals surface area contributed by atoms with E-state index in [1.807, 2.05) is 30.3 Å². The number of hydroxylamine groups is 1. The molecule has 0 spiro atoms. The number of nitrogens with zero attached hydrogens (tertiary/aromatic N) is 1. The van der Waals surface area contributed by atoms with E-state index in [9.17, 15) is 8.42 Å². The standard InChI is InChI=1S/C11H13NO3S/c1-2-16(13,14)12-11(8-9-15-12)10-6-4-3-5-7-10/h2-7,11H,1,8-9H2/t11-/m0/s1. The molecule has 0 amide bonds. The van der Waals surface area contributed by atoms with Crippen LogP contribution in [-0.2, 0) is 14.9 Å². The molecule has 1 aromatic carbocycles. The van der Waals surface area contributed by atoms with E-state index in [4.69, 9.17) is 4.84 Å². The van der Waals surface area contributed by atoms with Crippen LogP contribution in [0.5, 0.6) is 0 Å². The smallest absolute Gasteiger partial charge is 0.258 e. The largest absolute Gasteiger partial charge is 0.283 e. The van der Waals surface area contributed by atoms with Gasteiger partial charge in [0.25, 0.3) is 10.0 Å². The van der Waals surface area contributed by atoms with Gasteiger partial charge >= 0.3 is 0 Å². The Bertz CT molecular complexity index is 469. The normalized spacial score (nSPS) is 22.1. The van der Waals surface area contributed by atoms with Gasteiger partial charge in [0.2, 0.25) is 0 Å². The minimum atomic E-state index is -3.52. The average molecular weight is 239 g/mol. The Morgan fingerprint density at radius 2 is 2.06 bits per heavy atom. The number of benzene rings is 1. The predicted molar refractivity (Wildman–Crippen MR) is 60.7 cm³/mol. The van der Waals surface area contributed by atoms with Crippen molar-refractivity contribution in [2.45, 2.75) is 12.5 Å². The molecule has 86 valence electrons. The van der Waals surface area contributed by atoms with E-state index in [1.54, 1.807) is 0 Å². The fourth-order valence-corrected chi connectivity index (χ4v) is 2.69. The lowest BCUT2D eigenvalue weighted by molar-refractivity contribution is -0.0486. The van der Waals surface area contributed by atoms with Gasteiger partial charge in [-0.1, -0.05) is 41.4 Å². The van der Waals surface area contributed by atoms with Crippen LogP contribution in [0.2, 0.25) is 0 Å². The van der Waals surface area contributed by atoms with Crippen molar-refractivity contribution in [3.8, 4) is 0 Å². The Kier molecular flexibility index (Phi) is 3.09. The number of sulfonamides is 1. The molecule has 1 fully saturated rings. The van der Waals surface area contributed by atoms with Gasteiger partial charge in [-0.25, -0.2) is 8.42 Å². The van der Waals surface area contributed by atoms with E-state index < -0.39 is 10.0 Å². The lowest BCUT2D eigenvalue weighted by Gasteiger charge is -2.20. The van der Waals surface area contributed by atoms with Gasteiger partial charge in [-0.3, -0.25) is 4.84 Å². The van der Waals surface area contributed by atoms with E-state index in [2.05, 4.69) is 6.58 Å². The molecule has 2 rings (SSSR count). The molecule has 0 aromatic heterocycles. The SMILES string of the molecule is C=CS(=O)(=O)N1OCC[C@H]1c1ccccc1. The minimum absolute atomic E-state index is 0.246. The zero-order valence-corrected chi connectivity index (χ0v) is 9.56. The first-order valence-electron chi connectivity index (χ1n) is 5.00. The van der Waals surface area contributed by atoms with Crippen molar-refractivity contribution in [1.82, 2.24) is 4.47 Å². The van der Waals surface area contributed by atoms with E-state index in [0.29, 0.717) is 13.0 Å². The predicted octanol–water partition coefficient (Wildman–Crippen LogP) is 1.84. The zero-order chi connectivity index (χ0) is 11.6. The maximum absolute atomic E-state index is 11.7. The number of hydrogen-bond donors (Lipinski definition) is 0. The van der Waals surface area contributed by atoms with E-state index in [1.165, 1.54) is 0 Å². The van der Waals surface area contributed by atoms with Gasteiger partial charge in [0.15, 0.2) is 0 Å². The molecule has 1 heterocycles. The topological polar surface area (TPSA) is 46.6 Å². The molecule has 16 heavy (non-hydrogen) atoms. The second-order valence-electron chi connectivity index (χ2n) is 3.52. The summed E-state index contributed by atoms with van der Waals surface area (Å²) in [5.41, 5.74) is 0.936. The van der Waals surface area contributed by atoms with Crippen molar-refractivity contribution in [2.75, 3.05) is 6.61 Å². The highest BCUT2D eigenvalue weighted by Crippen LogP contribution is 2.32. The third kappa shape index (κ3) is 2.02. The molecule has 0 aliphatic carbocycles. The summed E-state index contributed by atoms with van der Waals surface area (Å²) in [5, 5.41) is 0.911. The molecule has 1 saturated heterocycles. The lowest BCUT2D eigenvalue weighted by atomic mass is 10.1. The maximum Gasteiger partial charge on any atom is 0.258 e. The van der Waals surface area contributed by atoms with Crippen molar-refractivity contribution in [3.05, 3.63) is 47.9 Å². The molecule has 1 aromatic rings. The van der Waals surface area contributed by atoms with E-state index in [-0.39, 0.29) is 6.04 Å². The van der Waals surface area contributed by atoms with Gasteiger partial charge in [-0.2, -0.15) is 0 Å². The van der Waals surface area contributed by atoms with Gasteiger partial charge in [0, 0.05) is 5.41 Å². The highest BCUT2D eigenvalue weighted by atomic mass is 32.2. The van der Waals surface area contributed by atoms with Crippen LogP contribution in [0.15, 0.2) is 42.3 Å². The minimum Gasteiger partial charge on any atom is -0.283 e. The summed E-state index contributed by atoms with van der Waals surface area (Å²) in [4.78, 5) is 5.15. The summed E-state index contributed by atoms with van der Waals surface area (Å²) in [5.74, 6) is 0. The Balaban J connectivity index is 2.33. The Hall–Kier alpha value is -1.17. The average Bonchev–Trinajstić information content (AvgIpc) is 2.80. The first kappa shape index (κ1) is 11.3. The van der Waals surface area contributed by atoms with Crippen LogP contribution < -0.4 is 0 Å². The fourth-order valence-electron chi connectivity index (χ4n) is 1.74. The molecule has 1 aliphatic heterocycles. The Morgan fingerprint density at radius 1 is 1.38 bits per heavy atom. The second-order valence-corrected chi connectivity index (χ2v) is 5.24. The number of rotatable bonds is 3. The van der Waals surface area contributed by atoms with Crippen molar-refractivity contribution in [3.63, 3.8) is 0 Å². The summed E-state index contributed by atoms with van der Waals surface area (Å²) in [6.07, 6.45) is 0.664. The van der Waals surface area contributed by atoms with Gasteiger partial charge < -0.3 is 0 Å². The molecule has 1 atom stereocenters. The Morgan fingerprint density at radius 3 is 2.69 bits per heavy atom. The van der Waals surface area contributed by atoms with E-state index in [0.717, 1.165) is 15.4 Å². The molecule has 0 unspecified atom stereocenters. The molecule has 4 nitrogen and oxygen atoms in total. The maximum atomic E-state index is 11.7. The van der Waals surface area contributed by atoms with Crippen LogP contribution in [0.4, 0.5) is 0 Å². The first-order valence-corrected chi connectivity index (χ1v) is 6.50. The van der Waals surface area contributed by atoms with Crippen LogP contribution in [0.25, 0.3) is 0 Å². The van der Waals surface area contributed by atoms with Crippen LogP contribution in [0.1, 0.15) is 18.0 Å². The molecule has 0 bridgehead atoms. The molecular formula is C11H13NO3S. The number of hydrogen-bond acceptors (Lipinski definition) is 3. The van der Waals surface area contributed by atoms with Crippen molar-refractivity contribution >= 4 is 10.0 Å². The highest BCUT2D eigenvalue weighted by Gasteiger charge is 2.35. The van der Waals surface area contributed by atoms with Crippen LogP contribution in [0.3, 0.4) is 0 Å². The van der Waals surface area contributed by atoms with Gasteiger partial charge in [-0.05, 0) is 12.0 Å². The Labute approximate surface area is 95.1 Å². The van der Waals surface area contributed by atoms with Gasteiger partial charge in [-0.15, -0.1) is 0 Å². The molecule has 0 radical (unpaired) electrons. The first-order chi connectivity index (χ1) is 7.65. The van der Waals surface area contributed by atoms with Crippen LogP contribution in [0, 0.1) is 0 Å². The van der Waals surface area contributed by atoms with Gasteiger partial charge in [0.1, 0.15) is 0 Å². The second kappa shape index (κ2) is 4.37. The molecule has 0 N–H and O–H groups in total. The summed E-state index contributed by atoms with van der Waals surface area (Å²) in [6, 6.07) is 9.20. The summed E-state index contributed by atoms with van der Waals surface area (Å²) >= 11 is 0. The van der Waals surface area contributed by atoms with E-state index >= 15 is 0 Å². The van der Waals surface area contributed by atoms with Crippen molar-refractivity contribution < 1.29 is 13.3 Å². The third-order valence-electron chi connectivity index (χ3n) is 2.51. The van der Waals surface area contributed by atoms with Crippen molar-refractivity contribution in [2.24, 2.45) is 0 Å². The zero-order valence-electron chi connectivity index (χ0n) is 8.74. The van der Waals surface area contributed by atoms with Crippen LogP contribution >= 0.6 is 0 Å². The third-order valence-corrected chi connectivity index (χ3v) is 3.79. The van der Waals surface area contributed by atoms with Crippen LogP contribution in [-0.4, -0.2) is 19.5 Å². The monoisotopic (exact) mass is 239 g/mol. The van der Waals surface area contributed by atoms with Crippen molar-refractivity contribution in [1.29, 1.82) is 0 Å². The fraction of sp³-hybridized carbons (Fsp3) is 0.273. The summed E-state index contributed by atoms with van der Waals surface area (Å²) in [6.45, 7) is 3.70. The molecule has 1 aliphatic rings. The molecule has 5 heteroatoms.